The summed E-state index contributed by atoms with van der Waals surface area (Å²) in [5, 5.41) is 9.32. The molecule has 1 fully saturated rings. The molecule has 1 rings (SSSR count). The first-order chi connectivity index (χ1) is 6.59. The first-order valence-electron chi connectivity index (χ1n) is 5.25. The average molecular weight is 203 g/mol. The van der Waals surface area contributed by atoms with Gasteiger partial charge in [0.1, 0.15) is 0 Å². The summed E-state index contributed by atoms with van der Waals surface area (Å²) >= 11 is 0. The minimum Gasteiger partial charge on any atom is -0.392 e. The highest BCUT2D eigenvalue weighted by atomic mass is 16.7. The van der Waals surface area contributed by atoms with Gasteiger partial charge in [0.2, 0.25) is 0 Å². The topological polar surface area (TPSA) is 41.9 Å². The fraction of sp³-hybridized carbons (Fsp3) is 1.00. The lowest BCUT2D eigenvalue weighted by Crippen LogP contribution is -2.41. The molecule has 84 valence electrons. The Labute approximate surface area is 85.8 Å². The molecule has 0 aromatic heterocycles. The van der Waals surface area contributed by atoms with E-state index < -0.39 is 0 Å². The van der Waals surface area contributed by atoms with E-state index in [1.165, 1.54) is 0 Å². The summed E-state index contributed by atoms with van der Waals surface area (Å²) in [7, 11) is 0. The molecule has 1 atom stereocenters. The van der Waals surface area contributed by atoms with Crippen molar-refractivity contribution in [3.05, 3.63) is 0 Å². The van der Waals surface area contributed by atoms with Crippen molar-refractivity contribution in [2.24, 2.45) is 0 Å². The van der Waals surface area contributed by atoms with E-state index in [1.54, 1.807) is 6.92 Å². The van der Waals surface area contributed by atoms with Crippen molar-refractivity contribution in [1.82, 2.24) is 4.90 Å². The van der Waals surface area contributed by atoms with Crippen LogP contribution in [0, 0.1) is 0 Å². The van der Waals surface area contributed by atoms with Gasteiger partial charge in [-0.2, -0.15) is 0 Å². The van der Waals surface area contributed by atoms with Crippen LogP contribution in [-0.4, -0.2) is 54.7 Å². The van der Waals surface area contributed by atoms with Crippen LogP contribution in [0.3, 0.4) is 0 Å². The van der Waals surface area contributed by atoms with Crippen molar-refractivity contribution in [2.75, 3.05) is 26.3 Å². The van der Waals surface area contributed by atoms with Gasteiger partial charge in [0.25, 0.3) is 0 Å². The van der Waals surface area contributed by atoms with Gasteiger partial charge in [-0.15, -0.1) is 0 Å². The minimum atomic E-state index is -0.307. The van der Waals surface area contributed by atoms with E-state index >= 15 is 0 Å². The Kier molecular flexibility index (Phi) is 4.81. The van der Waals surface area contributed by atoms with E-state index in [-0.39, 0.29) is 12.4 Å². The lowest BCUT2D eigenvalue weighted by Gasteiger charge is -2.29. The molecule has 1 aliphatic heterocycles. The Morgan fingerprint density at radius 3 is 2.29 bits per heavy atom. The number of rotatable bonds is 5. The van der Waals surface area contributed by atoms with E-state index in [1.807, 2.05) is 0 Å². The van der Waals surface area contributed by atoms with Gasteiger partial charge >= 0.3 is 0 Å². The van der Waals surface area contributed by atoms with Gasteiger partial charge < -0.3 is 14.6 Å². The molecular formula is C10H21NO3. The third kappa shape index (κ3) is 3.92. The predicted octanol–water partition coefficient (Wildman–Crippen LogP) is 0.450. The molecule has 1 saturated heterocycles. The second-order valence-corrected chi connectivity index (χ2v) is 4.07. The summed E-state index contributed by atoms with van der Waals surface area (Å²) in [6, 6.07) is 0.400. The largest absolute Gasteiger partial charge is 0.392 e. The summed E-state index contributed by atoms with van der Waals surface area (Å²) in [6.45, 7) is 8.79. The molecule has 1 aliphatic rings. The lowest BCUT2D eigenvalue weighted by molar-refractivity contribution is -0.0712. The first kappa shape index (κ1) is 11.9. The highest BCUT2D eigenvalue weighted by molar-refractivity contribution is 4.68. The van der Waals surface area contributed by atoms with Gasteiger partial charge in [0, 0.05) is 19.1 Å². The second kappa shape index (κ2) is 5.66. The van der Waals surface area contributed by atoms with E-state index in [9.17, 15) is 5.11 Å². The monoisotopic (exact) mass is 203 g/mol. The van der Waals surface area contributed by atoms with Crippen LogP contribution in [0.25, 0.3) is 0 Å². The van der Waals surface area contributed by atoms with Gasteiger partial charge in [-0.1, -0.05) is 0 Å². The Hall–Kier alpha value is -0.160. The summed E-state index contributed by atoms with van der Waals surface area (Å²) in [4.78, 5) is 2.17. The quantitative estimate of drug-likeness (QED) is 0.704. The van der Waals surface area contributed by atoms with Crippen LogP contribution in [0.4, 0.5) is 0 Å². The van der Waals surface area contributed by atoms with Crippen LogP contribution in [-0.2, 0) is 9.47 Å². The molecule has 0 bridgehead atoms. The Balaban J connectivity index is 2.33. The van der Waals surface area contributed by atoms with Crippen LogP contribution in [0.15, 0.2) is 0 Å². The number of nitrogens with zero attached hydrogens (tertiary/aromatic N) is 1. The molecular weight excluding hydrogens is 182 g/mol. The Morgan fingerprint density at radius 2 is 1.86 bits per heavy atom. The Morgan fingerprint density at radius 1 is 1.29 bits per heavy atom. The summed E-state index contributed by atoms with van der Waals surface area (Å²) < 4.78 is 10.7. The number of aliphatic hydroxyl groups excluding tert-OH is 1. The molecule has 4 nitrogen and oxygen atoms in total. The van der Waals surface area contributed by atoms with Crippen molar-refractivity contribution in [3.63, 3.8) is 0 Å². The SMILES string of the molecule is CC(O)CN(CC1OCCO1)C(C)C. The molecule has 4 heteroatoms. The molecule has 1 unspecified atom stereocenters. The lowest BCUT2D eigenvalue weighted by atomic mass is 10.2. The second-order valence-electron chi connectivity index (χ2n) is 4.07. The minimum absolute atomic E-state index is 0.115. The smallest absolute Gasteiger partial charge is 0.170 e. The molecule has 1 N–H and O–H groups in total. The van der Waals surface area contributed by atoms with E-state index in [0.29, 0.717) is 25.8 Å². The zero-order valence-electron chi connectivity index (χ0n) is 9.27. The van der Waals surface area contributed by atoms with E-state index in [4.69, 9.17) is 9.47 Å². The van der Waals surface area contributed by atoms with Crippen molar-refractivity contribution in [2.45, 2.75) is 39.2 Å². The van der Waals surface area contributed by atoms with Crippen molar-refractivity contribution in [3.8, 4) is 0 Å². The molecule has 1 heterocycles. The maximum Gasteiger partial charge on any atom is 0.170 e. The van der Waals surface area contributed by atoms with Crippen LogP contribution in [0.1, 0.15) is 20.8 Å². The highest BCUT2D eigenvalue weighted by Crippen LogP contribution is 2.09. The standard InChI is InChI=1S/C10H21NO3/c1-8(2)11(6-9(3)12)7-10-13-4-5-14-10/h8-10,12H,4-7H2,1-3H3. The highest BCUT2D eigenvalue weighted by Gasteiger charge is 2.21. The number of hydrogen-bond acceptors (Lipinski definition) is 4. The van der Waals surface area contributed by atoms with E-state index in [0.717, 1.165) is 6.54 Å². The summed E-state index contributed by atoms with van der Waals surface area (Å²) in [5.41, 5.74) is 0. The molecule has 0 aromatic rings. The molecule has 0 radical (unpaired) electrons. The van der Waals surface area contributed by atoms with Gasteiger partial charge in [-0.25, -0.2) is 0 Å². The molecule has 0 aromatic carbocycles. The van der Waals surface area contributed by atoms with Crippen molar-refractivity contribution >= 4 is 0 Å². The molecule has 0 saturated carbocycles. The fourth-order valence-electron chi connectivity index (χ4n) is 1.54. The number of hydrogen-bond donors (Lipinski definition) is 1. The van der Waals surface area contributed by atoms with Gasteiger partial charge in [0.05, 0.1) is 19.3 Å². The van der Waals surface area contributed by atoms with Crippen LogP contribution in [0.5, 0.6) is 0 Å². The Bertz CT molecular complexity index is 155. The fourth-order valence-corrected chi connectivity index (χ4v) is 1.54. The zero-order valence-corrected chi connectivity index (χ0v) is 9.27. The third-order valence-electron chi connectivity index (χ3n) is 2.30. The normalized spacial score (nSPS) is 21.0. The van der Waals surface area contributed by atoms with Crippen LogP contribution >= 0.6 is 0 Å². The van der Waals surface area contributed by atoms with Gasteiger partial charge in [-0.05, 0) is 20.8 Å². The van der Waals surface area contributed by atoms with Crippen molar-refractivity contribution < 1.29 is 14.6 Å². The average Bonchev–Trinajstić information content (AvgIpc) is 2.54. The molecule has 0 amide bonds. The first-order valence-corrected chi connectivity index (χ1v) is 5.25. The predicted molar refractivity (Wildman–Crippen MR) is 54.1 cm³/mol. The van der Waals surface area contributed by atoms with Crippen LogP contribution < -0.4 is 0 Å². The van der Waals surface area contributed by atoms with Gasteiger partial charge in [-0.3, -0.25) is 4.90 Å². The number of ether oxygens (including phenoxy) is 2. The maximum atomic E-state index is 9.32. The summed E-state index contributed by atoms with van der Waals surface area (Å²) in [5.74, 6) is 0. The molecule has 14 heavy (non-hydrogen) atoms. The zero-order chi connectivity index (χ0) is 10.6. The molecule has 0 aliphatic carbocycles. The number of aliphatic hydroxyl groups is 1. The van der Waals surface area contributed by atoms with Crippen LogP contribution in [0.2, 0.25) is 0 Å². The van der Waals surface area contributed by atoms with Crippen molar-refractivity contribution in [1.29, 1.82) is 0 Å². The van der Waals surface area contributed by atoms with Gasteiger partial charge in [0.15, 0.2) is 6.29 Å². The maximum absolute atomic E-state index is 9.32. The summed E-state index contributed by atoms with van der Waals surface area (Å²) in [6.07, 6.45) is -0.421. The van der Waals surface area contributed by atoms with E-state index in [2.05, 4.69) is 18.7 Å². The molecule has 0 spiro atoms. The third-order valence-corrected chi connectivity index (χ3v) is 2.30.